The Labute approximate surface area is 80.8 Å². The maximum Gasteiger partial charge on any atom is 0.307 e. The highest BCUT2D eigenvalue weighted by Crippen LogP contribution is 2.28. The maximum absolute atomic E-state index is 10.6. The standard InChI is InChI=1S/C10H9NO3/c12-9(13)6-7-3-5-14-8-2-1-4-11-10(7)8/h1-4H,5-6H2,(H,12,13). The van der Waals surface area contributed by atoms with Crippen molar-refractivity contribution in [2.45, 2.75) is 6.42 Å². The largest absolute Gasteiger partial charge is 0.487 e. The number of carbonyl (C=O) groups is 1. The number of hydrogen-bond acceptors (Lipinski definition) is 3. The van der Waals surface area contributed by atoms with Gasteiger partial charge < -0.3 is 9.84 Å². The molecule has 1 aromatic rings. The molecule has 1 aromatic heterocycles. The average Bonchev–Trinajstić information content (AvgIpc) is 2.18. The van der Waals surface area contributed by atoms with Crippen molar-refractivity contribution in [3.05, 3.63) is 30.1 Å². The number of carboxylic acids is 1. The molecule has 0 spiro atoms. The molecule has 0 atom stereocenters. The number of aromatic nitrogens is 1. The van der Waals surface area contributed by atoms with E-state index in [0.717, 1.165) is 5.57 Å². The third-order valence-corrected chi connectivity index (χ3v) is 1.99. The lowest BCUT2D eigenvalue weighted by Gasteiger charge is -2.15. The van der Waals surface area contributed by atoms with E-state index in [4.69, 9.17) is 9.84 Å². The summed E-state index contributed by atoms with van der Waals surface area (Å²) in [5.74, 6) is -0.194. The van der Waals surface area contributed by atoms with E-state index in [9.17, 15) is 4.79 Å². The molecule has 2 rings (SSSR count). The van der Waals surface area contributed by atoms with Crippen molar-refractivity contribution in [3.63, 3.8) is 0 Å². The van der Waals surface area contributed by atoms with E-state index in [1.165, 1.54) is 0 Å². The fourth-order valence-electron chi connectivity index (χ4n) is 1.40. The van der Waals surface area contributed by atoms with Gasteiger partial charge in [-0.1, -0.05) is 0 Å². The lowest BCUT2D eigenvalue weighted by Crippen LogP contribution is -2.08. The smallest absolute Gasteiger partial charge is 0.307 e. The predicted molar refractivity (Wildman–Crippen MR) is 50.0 cm³/mol. The number of hydrogen-bond donors (Lipinski definition) is 1. The van der Waals surface area contributed by atoms with Crippen molar-refractivity contribution >= 4 is 11.5 Å². The molecule has 0 saturated carbocycles. The van der Waals surface area contributed by atoms with Crippen molar-refractivity contribution in [2.24, 2.45) is 0 Å². The number of fused-ring (bicyclic) bond motifs is 1. The van der Waals surface area contributed by atoms with E-state index in [2.05, 4.69) is 4.98 Å². The van der Waals surface area contributed by atoms with E-state index < -0.39 is 5.97 Å². The Hall–Kier alpha value is -1.84. The van der Waals surface area contributed by atoms with Crippen LogP contribution < -0.4 is 4.74 Å². The van der Waals surface area contributed by atoms with Crippen LogP contribution in [0.3, 0.4) is 0 Å². The van der Waals surface area contributed by atoms with Crippen LogP contribution in [0.4, 0.5) is 0 Å². The summed E-state index contributed by atoms with van der Waals surface area (Å²) in [6.45, 7) is 0.418. The lowest BCUT2D eigenvalue weighted by molar-refractivity contribution is -0.135. The molecule has 0 saturated heterocycles. The monoisotopic (exact) mass is 191 g/mol. The molecule has 0 amide bonds. The number of ether oxygens (including phenoxy) is 1. The second kappa shape index (κ2) is 3.49. The first kappa shape index (κ1) is 8.74. The van der Waals surface area contributed by atoms with Crippen molar-refractivity contribution < 1.29 is 14.6 Å². The minimum Gasteiger partial charge on any atom is -0.487 e. The van der Waals surface area contributed by atoms with Gasteiger partial charge in [0.15, 0.2) is 0 Å². The first-order chi connectivity index (χ1) is 6.77. The normalized spacial score (nSPS) is 13.9. The quantitative estimate of drug-likeness (QED) is 0.766. The fraction of sp³-hybridized carbons (Fsp3) is 0.200. The van der Waals surface area contributed by atoms with Gasteiger partial charge in [0.1, 0.15) is 18.1 Å². The van der Waals surface area contributed by atoms with Crippen molar-refractivity contribution in [3.8, 4) is 5.75 Å². The Morgan fingerprint density at radius 2 is 2.50 bits per heavy atom. The van der Waals surface area contributed by atoms with Gasteiger partial charge in [-0.2, -0.15) is 0 Å². The molecule has 0 fully saturated rings. The third kappa shape index (κ3) is 1.59. The molecule has 0 aromatic carbocycles. The highest BCUT2D eigenvalue weighted by atomic mass is 16.5. The molecule has 1 N–H and O–H groups in total. The van der Waals surface area contributed by atoms with Crippen LogP contribution in [0.15, 0.2) is 24.4 Å². The molecule has 0 aliphatic carbocycles. The lowest BCUT2D eigenvalue weighted by atomic mass is 10.1. The van der Waals surface area contributed by atoms with Gasteiger partial charge in [0.2, 0.25) is 0 Å². The molecule has 0 bridgehead atoms. The van der Waals surface area contributed by atoms with Crippen LogP contribution >= 0.6 is 0 Å². The molecule has 72 valence electrons. The maximum atomic E-state index is 10.6. The summed E-state index contributed by atoms with van der Waals surface area (Å²) in [5.41, 5.74) is 1.36. The van der Waals surface area contributed by atoms with E-state index >= 15 is 0 Å². The zero-order chi connectivity index (χ0) is 9.97. The SMILES string of the molecule is O=C(O)CC1=CCOc2cccnc21. The van der Waals surface area contributed by atoms with Crippen molar-refractivity contribution in [1.82, 2.24) is 4.98 Å². The summed E-state index contributed by atoms with van der Waals surface area (Å²) < 4.78 is 5.30. The van der Waals surface area contributed by atoms with Gasteiger partial charge in [-0.3, -0.25) is 9.78 Å². The number of pyridine rings is 1. The number of aliphatic carboxylic acids is 1. The molecule has 0 radical (unpaired) electrons. The van der Waals surface area contributed by atoms with Crippen LogP contribution in [-0.2, 0) is 4.79 Å². The molecular formula is C10H9NO3. The van der Waals surface area contributed by atoms with Gasteiger partial charge in [-0.15, -0.1) is 0 Å². The average molecular weight is 191 g/mol. The second-order valence-electron chi connectivity index (χ2n) is 2.96. The first-order valence-corrected chi connectivity index (χ1v) is 4.26. The highest BCUT2D eigenvalue weighted by Gasteiger charge is 2.16. The zero-order valence-electron chi connectivity index (χ0n) is 7.43. The minimum absolute atomic E-state index is 0.00657. The highest BCUT2D eigenvalue weighted by molar-refractivity contribution is 5.84. The Morgan fingerprint density at radius 1 is 1.64 bits per heavy atom. The number of carboxylic acid groups (broad SMARTS) is 1. The first-order valence-electron chi connectivity index (χ1n) is 4.26. The van der Waals surface area contributed by atoms with Crippen molar-refractivity contribution in [2.75, 3.05) is 6.61 Å². The zero-order valence-corrected chi connectivity index (χ0v) is 7.43. The van der Waals surface area contributed by atoms with E-state index in [1.54, 1.807) is 24.4 Å². The van der Waals surface area contributed by atoms with Gasteiger partial charge in [0.05, 0.1) is 6.42 Å². The Morgan fingerprint density at radius 3 is 3.29 bits per heavy atom. The molecule has 4 heteroatoms. The Balaban J connectivity index is 2.35. The predicted octanol–water partition coefficient (Wildman–Crippen LogP) is 1.33. The summed E-state index contributed by atoms with van der Waals surface area (Å²) in [6, 6.07) is 3.56. The summed E-state index contributed by atoms with van der Waals surface area (Å²) in [4.78, 5) is 14.7. The second-order valence-corrected chi connectivity index (χ2v) is 2.96. The summed E-state index contributed by atoms with van der Waals surface area (Å²) in [6.07, 6.45) is 3.38. The molecular weight excluding hydrogens is 182 g/mol. The molecule has 1 aliphatic rings. The molecule has 4 nitrogen and oxygen atoms in total. The van der Waals surface area contributed by atoms with Crippen LogP contribution in [0.1, 0.15) is 12.1 Å². The Kier molecular flexibility index (Phi) is 2.18. The Bertz CT molecular complexity index is 398. The summed E-state index contributed by atoms with van der Waals surface area (Å²) >= 11 is 0. The van der Waals surface area contributed by atoms with E-state index in [-0.39, 0.29) is 6.42 Å². The third-order valence-electron chi connectivity index (χ3n) is 1.99. The van der Waals surface area contributed by atoms with Gasteiger partial charge >= 0.3 is 5.97 Å². The minimum atomic E-state index is -0.852. The summed E-state index contributed by atoms with van der Waals surface area (Å²) in [7, 11) is 0. The molecule has 14 heavy (non-hydrogen) atoms. The van der Waals surface area contributed by atoms with Gasteiger partial charge in [-0.05, 0) is 23.8 Å². The van der Waals surface area contributed by atoms with Crippen LogP contribution in [0.2, 0.25) is 0 Å². The van der Waals surface area contributed by atoms with Crippen LogP contribution in [0.25, 0.3) is 5.57 Å². The van der Waals surface area contributed by atoms with E-state index in [0.29, 0.717) is 18.1 Å². The van der Waals surface area contributed by atoms with Gasteiger partial charge in [-0.25, -0.2) is 0 Å². The van der Waals surface area contributed by atoms with Crippen LogP contribution in [0.5, 0.6) is 5.75 Å². The van der Waals surface area contributed by atoms with Gasteiger partial charge in [0, 0.05) is 6.20 Å². The summed E-state index contributed by atoms with van der Waals surface area (Å²) in [5, 5.41) is 8.68. The topological polar surface area (TPSA) is 59.4 Å². The molecule has 2 heterocycles. The number of nitrogens with zero attached hydrogens (tertiary/aromatic N) is 1. The van der Waals surface area contributed by atoms with Crippen LogP contribution in [0, 0.1) is 0 Å². The molecule has 0 unspecified atom stereocenters. The molecule has 1 aliphatic heterocycles. The van der Waals surface area contributed by atoms with Crippen LogP contribution in [-0.4, -0.2) is 22.7 Å². The van der Waals surface area contributed by atoms with E-state index in [1.807, 2.05) is 0 Å². The van der Waals surface area contributed by atoms with Crippen molar-refractivity contribution in [1.29, 1.82) is 0 Å². The fourth-order valence-corrected chi connectivity index (χ4v) is 1.40. The number of rotatable bonds is 2. The van der Waals surface area contributed by atoms with Gasteiger partial charge in [0.25, 0.3) is 0 Å².